The zero-order valence-electron chi connectivity index (χ0n) is 31.5. The SMILES string of the molecule is CC(C)(C)C1=C(c2ccc(N3CCC(CN4CCN(c5ccc6c(c5)CN([C@H]5CCC(=O)NC5=O)C6=O)CC4)CC3)cc2)c2ccc(O)cc2CCC1. The maximum absolute atomic E-state index is 13.1. The standard InChI is InChI=1S/C44H53N5O4/c1-44(2,3)38-6-4-5-31-26-35(50)12-14-36(31)41(38)30-7-9-33(10-8-30)47-19-17-29(18-20-47)27-46-21-23-48(24-22-46)34-11-13-37-32(25-34)28-49(43(37)53)39-15-16-40(51)45-42(39)52/h7-14,25-26,29,39,50H,4-6,15-24,27-28H2,1-3H3,(H,45,51,52)/t39-/m0/s1. The van der Waals surface area contributed by atoms with Gasteiger partial charge in [0.2, 0.25) is 11.8 Å². The fourth-order valence-electron chi connectivity index (χ4n) is 9.38. The summed E-state index contributed by atoms with van der Waals surface area (Å²) in [7, 11) is 0. The molecule has 278 valence electrons. The van der Waals surface area contributed by atoms with Crippen molar-refractivity contribution in [1.82, 2.24) is 15.1 Å². The van der Waals surface area contributed by atoms with Crippen LogP contribution in [0.1, 0.15) is 91.9 Å². The molecule has 3 amide bonds. The number of aryl methyl sites for hydroxylation is 1. The van der Waals surface area contributed by atoms with Gasteiger partial charge >= 0.3 is 0 Å². The highest BCUT2D eigenvalue weighted by Crippen LogP contribution is 2.44. The number of anilines is 2. The third kappa shape index (κ3) is 7.20. The van der Waals surface area contributed by atoms with Gasteiger partial charge in [0.15, 0.2) is 0 Å². The first-order valence-corrected chi connectivity index (χ1v) is 19.7. The lowest BCUT2D eigenvalue weighted by Crippen LogP contribution is -2.52. The van der Waals surface area contributed by atoms with Gasteiger partial charge in [-0.15, -0.1) is 0 Å². The Morgan fingerprint density at radius 2 is 1.43 bits per heavy atom. The van der Waals surface area contributed by atoms with E-state index >= 15 is 0 Å². The minimum atomic E-state index is -0.584. The van der Waals surface area contributed by atoms with E-state index in [1.807, 2.05) is 24.3 Å². The molecule has 9 nitrogen and oxygen atoms in total. The van der Waals surface area contributed by atoms with Gasteiger partial charge < -0.3 is 19.8 Å². The molecule has 3 aromatic carbocycles. The second-order valence-electron chi connectivity index (χ2n) is 16.8. The van der Waals surface area contributed by atoms with E-state index in [4.69, 9.17) is 0 Å². The Bertz CT molecular complexity index is 1930. The highest BCUT2D eigenvalue weighted by atomic mass is 16.3. The van der Waals surface area contributed by atoms with Crippen molar-refractivity contribution in [3.63, 3.8) is 0 Å². The molecule has 1 atom stereocenters. The lowest BCUT2D eigenvalue weighted by Gasteiger charge is -2.40. The van der Waals surface area contributed by atoms with E-state index in [2.05, 4.69) is 77.2 Å². The molecule has 3 fully saturated rings. The van der Waals surface area contributed by atoms with Crippen LogP contribution in [0.5, 0.6) is 5.75 Å². The van der Waals surface area contributed by atoms with Crippen LogP contribution in [0.25, 0.3) is 5.57 Å². The van der Waals surface area contributed by atoms with Crippen molar-refractivity contribution >= 4 is 34.7 Å². The van der Waals surface area contributed by atoms with Crippen LogP contribution in [0, 0.1) is 11.3 Å². The maximum atomic E-state index is 13.1. The Kier molecular flexibility index (Phi) is 9.56. The van der Waals surface area contributed by atoms with Gasteiger partial charge in [-0.2, -0.15) is 0 Å². The van der Waals surface area contributed by atoms with Crippen molar-refractivity contribution in [2.24, 2.45) is 11.3 Å². The first-order chi connectivity index (χ1) is 25.5. The van der Waals surface area contributed by atoms with Crippen LogP contribution in [0.3, 0.4) is 0 Å². The summed E-state index contributed by atoms with van der Waals surface area (Å²) in [5.41, 5.74) is 10.7. The molecule has 0 bridgehead atoms. The number of nitrogens with zero attached hydrogens (tertiary/aromatic N) is 4. The van der Waals surface area contributed by atoms with Crippen LogP contribution < -0.4 is 15.1 Å². The molecule has 3 aromatic rings. The lowest BCUT2D eigenvalue weighted by atomic mass is 9.78. The summed E-state index contributed by atoms with van der Waals surface area (Å²) in [6.07, 6.45) is 6.19. The van der Waals surface area contributed by atoms with Crippen LogP contribution in [-0.2, 0) is 22.6 Å². The first-order valence-electron chi connectivity index (χ1n) is 19.7. The Balaban J connectivity index is 0.846. The van der Waals surface area contributed by atoms with E-state index in [1.54, 1.807) is 4.90 Å². The molecular weight excluding hydrogens is 663 g/mol. The summed E-state index contributed by atoms with van der Waals surface area (Å²) >= 11 is 0. The molecule has 0 aromatic heterocycles. The number of nitrogens with one attached hydrogen (secondary N) is 1. The molecule has 0 radical (unpaired) electrons. The molecule has 0 saturated carbocycles. The first kappa shape index (κ1) is 35.4. The Labute approximate surface area is 313 Å². The van der Waals surface area contributed by atoms with Crippen LogP contribution in [0.2, 0.25) is 0 Å². The summed E-state index contributed by atoms with van der Waals surface area (Å²) in [5, 5.41) is 12.6. The van der Waals surface area contributed by atoms with E-state index in [1.165, 1.54) is 46.4 Å². The molecule has 8 rings (SSSR count). The number of benzene rings is 3. The number of allylic oxidation sites excluding steroid dienone is 1. The zero-order valence-corrected chi connectivity index (χ0v) is 31.5. The van der Waals surface area contributed by atoms with Gasteiger partial charge in [0.05, 0.1) is 0 Å². The minimum Gasteiger partial charge on any atom is -0.508 e. The number of imide groups is 1. The van der Waals surface area contributed by atoms with Gasteiger partial charge in [0.1, 0.15) is 11.8 Å². The number of hydrogen-bond acceptors (Lipinski definition) is 7. The Morgan fingerprint density at radius 1 is 0.736 bits per heavy atom. The molecular formula is C44H53N5O4. The molecule has 0 unspecified atom stereocenters. The summed E-state index contributed by atoms with van der Waals surface area (Å²) in [5.74, 6) is 0.286. The van der Waals surface area contributed by atoms with Gasteiger partial charge in [-0.25, -0.2) is 0 Å². The maximum Gasteiger partial charge on any atom is 0.255 e. The average molecular weight is 716 g/mol. The van der Waals surface area contributed by atoms with Crippen LogP contribution in [-0.4, -0.2) is 84.5 Å². The van der Waals surface area contributed by atoms with Gasteiger partial charge in [-0.1, -0.05) is 44.5 Å². The highest BCUT2D eigenvalue weighted by molar-refractivity contribution is 6.05. The molecule has 1 aliphatic carbocycles. The number of piperidine rings is 2. The highest BCUT2D eigenvalue weighted by Gasteiger charge is 2.39. The predicted molar refractivity (Wildman–Crippen MR) is 209 cm³/mol. The van der Waals surface area contributed by atoms with E-state index in [-0.39, 0.29) is 29.6 Å². The quantitative estimate of drug-likeness (QED) is 0.286. The number of amides is 3. The van der Waals surface area contributed by atoms with Crippen molar-refractivity contribution in [3.05, 3.63) is 94.1 Å². The van der Waals surface area contributed by atoms with E-state index in [0.29, 0.717) is 30.2 Å². The third-order valence-corrected chi connectivity index (χ3v) is 12.3. The van der Waals surface area contributed by atoms with Gasteiger partial charge in [-0.05, 0) is 120 Å². The monoisotopic (exact) mass is 715 g/mol. The Morgan fingerprint density at radius 3 is 2.15 bits per heavy atom. The van der Waals surface area contributed by atoms with Gasteiger partial charge in [0, 0.05) is 75.7 Å². The molecule has 5 aliphatic rings. The van der Waals surface area contributed by atoms with Crippen molar-refractivity contribution in [2.45, 2.75) is 78.3 Å². The van der Waals surface area contributed by atoms with E-state index in [0.717, 1.165) is 76.3 Å². The van der Waals surface area contributed by atoms with Gasteiger partial charge in [-0.3, -0.25) is 24.6 Å². The predicted octanol–water partition coefficient (Wildman–Crippen LogP) is 6.38. The smallest absolute Gasteiger partial charge is 0.255 e. The number of rotatable bonds is 6. The number of phenols is 1. The average Bonchev–Trinajstić information content (AvgIpc) is 3.33. The van der Waals surface area contributed by atoms with Crippen molar-refractivity contribution in [2.75, 3.05) is 55.6 Å². The number of carbonyl (C=O) groups excluding carboxylic acids is 3. The molecule has 4 heterocycles. The fraction of sp³-hybridized carbons (Fsp3) is 0.477. The van der Waals surface area contributed by atoms with Crippen molar-refractivity contribution in [3.8, 4) is 5.75 Å². The van der Waals surface area contributed by atoms with Crippen molar-refractivity contribution in [1.29, 1.82) is 0 Å². The molecule has 3 saturated heterocycles. The minimum absolute atomic E-state index is 0.0642. The van der Waals surface area contributed by atoms with E-state index in [9.17, 15) is 19.5 Å². The summed E-state index contributed by atoms with van der Waals surface area (Å²) in [4.78, 5) is 46.4. The summed E-state index contributed by atoms with van der Waals surface area (Å²) in [6.45, 7) is 14.6. The molecule has 4 aliphatic heterocycles. The molecule has 2 N–H and O–H groups in total. The number of carbonyl (C=O) groups is 3. The number of fused-ring (bicyclic) bond motifs is 2. The molecule has 9 heteroatoms. The lowest BCUT2D eigenvalue weighted by molar-refractivity contribution is -0.136. The van der Waals surface area contributed by atoms with E-state index < -0.39 is 6.04 Å². The number of phenolic OH excluding ortho intramolecular Hbond substituents is 1. The summed E-state index contributed by atoms with van der Waals surface area (Å²) in [6, 6.07) is 20.7. The van der Waals surface area contributed by atoms with Gasteiger partial charge in [0.25, 0.3) is 5.91 Å². The fourth-order valence-corrected chi connectivity index (χ4v) is 9.38. The molecule has 0 spiro atoms. The summed E-state index contributed by atoms with van der Waals surface area (Å²) < 4.78 is 0. The largest absolute Gasteiger partial charge is 0.508 e. The second-order valence-corrected chi connectivity index (χ2v) is 16.8. The number of aromatic hydroxyl groups is 1. The number of piperazine rings is 1. The topological polar surface area (TPSA) is 96.4 Å². The van der Waals surface area contributed by atoms with Crippen LogP contribution >= 0.6 is 0 Å². The van der Waals surface area contributed by atoms with Crippen LogP contribution in [0.4, 0.5) is 11.4 Å². The zero-order chi connectivity index (χ0) is 36.9. The van der Waals surface area contributed by atoms with Crippen LogP contribution in [0.15, 0.2) is 66.2 Å². The normalized spacial score (nSPS) is 21.8. The van der Waals surface area contributed by atoms with Crippen molar-refractivity contribution < 1.29 is 19.5 Å². The third-order valence-electron chi connectivity index (χ3n) is 12.3. The molecule has 53 heavy (non-hydrogen) atoms. The second kappa shape index (κ2) is 14.3. The number of hydrogen-bond donors (Lipinski definition) is 2. The Hall–Kier alpha value is -4.63.